The summed E-state index contributed by atoms with van der Waals surface area (Å²) in [6.07, 6.45) is 9.54. The van der Waals surface area contributed by atoms with Crippen molar-refractivity contribution in [3.05, 3.63) is 52.6 Å². The number of amides is 2. The molecule has 2 heterocycles. The van der Waals surface area contributed by atoms with E-state index in [4.69, 9.17) is 6.42 Å². The summed E-state index contributed by atoms with van der Waals surface area (Å²) in [5.74, 6) is 2.54. The first-order valence-corrected chi connectivity index (χ1v) is 10.2. The third kappa shape index (κ3) is 4.19. The van der Waals surface area contributed by atoms with Crippen LogP contribution in [0.3, 0.4) is 0 Å². The maximum absolute atomic E-state index is 13.1. The number of H-pyrrole nitrogens is 1. The van der Waals surface area contributed by atoms with Crippen LogP contribution in [0.15, 0.2) is 24.5 Å². The summed E-state index contributed by atoms with van der Waals surface area (Å²) in [4.78, 5) is 37.3. The maximum Gasteiger partial charge on any atom is 0.274 e. The Kier molecular flexibility index (Phi) is 6.38. The number of piperazine rings is 1. The van der Waals surface area contributed by atoms with Crippen LogP contribution in [0.1, 0.15) is 64.4 Å². The summed E-state index contributed by atoms with van der Waals surface area (Å²) in [6, 6.07) is 5.45. The molecule has 1 N–H and O–H groups in total. The molecule has 0 spiro atoms. The van der Waals surface area contributed by atoms with Crippen LogP contribution in [-0.2, 0) is 6.42 Å². The zero-order chi connectivity index (χ0) is 21.0. The number of aromatic nitrogens is 2. The molecule has 6 nitrogen and oxygen atoms in total. The van der Waals surface area contributed by atoms with Gasteiger partial charge in [0.25, 0.3) is 11.8 Å². The predicted molar refractivity (Wildman–Crippen MR) is 113 cm³/mol. The lowest BCUT2D eigenvalue weighted by atomic mass is 10.0. The molecule has 1 aromatic heterocycles. The summed E-state index contributed by atoms with van der Waals surface area (Å²) in [7, 11) is 0. The smallest absolute Gasteiger partial charge is 0.274 e. The van der Waals surface area contributed by atoms with Gasteiger partial charge in [0.15, 0.2) is 0 Å². The van der Waals surface area contributed by atoms with Crippen molar-refractivity contribution in [2.45, 2.75) is 46.1 Å². The van der Waals surface area contributed by atoms with Gasteiger partial charge in [0.1, 0.15) is 5.69 Å². The monoisotopic (exact) mass is 392 g/mol. The van der Waals surface area contributed by atoms with Gasteiger partial charge in [-0.2, -0.15) is 0 Å². The number of aromatic amines is 1. The number of nitrogens with zero attached hydrogens (tertiary/aromatic N) is 3. The van der Waals surface area contributed by atoms with Crippen molar-refractivity contribution in [2.24, 2.45) is 0 Å². The van der Waals surface area contributed by atoms with E-state index in [0.29, 0.717) is 30.9 Å². The number of carbonyl (C=O) groups is 2. The third-order valence-corrected chi connectivity index (χ3v) is 5.55. The molecule has 6 heteroatoms. The van der Waals surface area contributed by atoms with Gasteiger partial charge < -0.3 is 14.8 Å². The fourth-order valence-electron chi connectivity index (χ4n) is 3.96. The van der Waals surface area contributed by atoms with E-state index in [0.717, 1.165) is 36.1 Å². The molecule has 29 heavy (non-hydrogen) atoms. The van der Waals surface area contributed by atoms with Crippen molar-refractivity contribution in [1.82, 2.24) is 19.8 Å². The Morgan fingerprint density at radius 1 is 1.28 bits per heavy atom. The first-order valence-electron chi connectivity index (χ1n) is 10.2. The van der Waals surface area contributed by atoms with E-state index in [1.54, 1.807) is 18.5 Å². The Morgan fingerprint density at radius 3 is 2.72 bits per heavy atom. The highest BCUT2D eigenvalue weighted by atomic mass is 16.2. The first kappa shape index (κ1) is 20.7. The van der Waals surface area contributed by atoms with Gasteiger partial charge in [-0.15, -0.1) is 6.42 Å². The number of carbonyl (C=O) groups excluding carboxylic acids is 2. The van der Waals surface area contributed by atoms with Gasteiger partial charge in [-0.3, -0.25) is 9.59 Å². The second-order valence-electron chi connectivity index (χ2n) is 7.45. The lowest BCUT2D eigenvalue weighted by Gasteiger charge is -2.41. The Hall–Kier alpha value is -3.07. The number of aryl methyl sites for hydroxylation is 2. The van der Waals surface area contributed by atoms with Crippen LogP contribution >= 0.6 is 0 Å². The number of hydrogen-bond acceptors (Lipinski definition) is 3. The first-order chi connectivity index (χ1) is 14.0. The van der Waals surface area contributed by atoms with E-state index in [2.05, 4.69) is 22.8 Å². The second-order valence-corrected chi connectivity index (χ2v) is 7.45. The molecular formula is C23H28N4O2. The fourth-order valence-corrected chi connectivity index (χ4v) is 3.96. The van der Waals surface area contributed by atoms with Crippen LogP contribution in [0.5, 0.6) is 0 Å². The molecule has 0 aliphatic carbocycles. The molecule has 0 saturated carbocycles. The zero-order valence-corrected chi connectivity index (χ0v) is 17.4. The van der Waals surface area contributed by atoms with Crippen LogP contribution in [0, 0.1) is 19.3 Å². The van der Waals surface area contributed by atoms with Crippen molar-refractivity contribution in [1.29, 1.82) is 0 Å². The lowest BCUT2D eigenvalue weighted by Crippen LogP contribution is -2.56. The molecule has 2 aromatic rings. The summed E-state index contributed by atoms with van der Waals surface area (Å²) in [6.45, 7) is 7.54. The van der Waals surface area contributed by atoms with Crippen molar-refractivity contribution < 1.29 is 9.59 Å². The number of hydrogen-bond donors (Lipinski definition) is 1. The Labute approximate surface area is 172 Å². The average molecular weight is 393 g/mol. The number of nitrogens with one attached hydrogen (secondary N) is 1. The molecule has 1 saturated heterocycles. The van der Waals surface area contributed by atoms with Crippen molar-refractivity contribution in [3.8, 4) is 12.3 Å². The summed E-state index contributed by atoms with van der Waals surface area (Å²) in [5.41, 5.74) is 3.66. The number of rotatable bonds is 5. The topological polar surface area (TPSA) is 69.3 Å². The second kappa shape index (κ2) is 8.95. The van der Waals surface area contributed by atoms with Crippen LogP contribution < -0.4 is 0 Å². The Bertz CT molecular complexity index is 941. The molecule has 2 amide bonds. The number of benzene rings is 1. The van der Waals surface area contributed by atoms with Gasteiger partial charge >= 0.3 is 0 Å². The highest BCUT2D eigenvalue weighted by Crippen LogP contribution is 2.21. The van der Waals surface area contributed by atoms with Gasteiger partial charge in [0, 0.05) is 42.5 Å². The van der Waals surface area contributed by atoms with Crippen molar-refractivity contribution in [3.63, 3.8) is 0 Å². The summed E-state index contributed by atoms with van der Waals surface area (Å²) < 4.78 is 0. The van der Waals surface area contributed by atoms with E-state index in [9.17, 15) is 9.59 Å². The standard InChI is InChI=1S/C23H28N4O2/c1-5-8-18-14-26(22(28)19-10-9-17(6-2)13-16(19)4)11-12-27(18)23(29)21-20(7-3)24-15-25-21/h2,9-10,13,15,18H,5,7-8,11-12,14H2,1,3-4H3,(H,24,25). The molecule has 0 bridgehead atoms. The normalized spacial score (nSPS) is 16.6. The highest BCUT2D eigenvalue weighted by molar-refractivity contribution is 5.97. The molecule has 3 rings (SSSR count). The van der Waals surface area contributed by atoms with E-state index in [-0.39, 0.29) is 17.9 Å². The van der Waals surface area contributed by atoms with Crippen molar-refractivity contribution in [2.75, 3.05) is 19.6 Å². The van der Waals surface area contributed by atoms with Gasteiger partial charge in [-0.1, -0.05) is 26.2 Å². The van der Waals surface area contributed by atoms with Crippen LogP contribution in [0.25, 0.3) is 0 Å². The number of terminal acetylenes is 1. The van der Waals surface area contributed by atoms with Gasteiger partial charge in [-0.25, -0.2) is 4.98 Å². The summed E-state index contributed by atoms with van der Waals surface area (Å²) in [5, 5.41) is 0. The van der Waals surface area contributed by atoms with Gasteiger partial charge in [-0.05, 0) is 43.5 Å². The molecule has 1 fully saturated rings. The molecule has 1 unspecified atom stereocenters. The molecular weight excluding hydrogens is 364 g/mol. The minimum absolute atomic E-state index is 0.00621. The number of imidazole rings is 1. The quantitative estimate of drug-likeness (QED) is 0.795. The molecule has 152 valence electrons. The average Bonchev–Trinajstić information content (AvgIpc) is 3.21. The minimum Gasteiger partial charge on any atom is -0.348 e. The van der Waals surface area contributed by atoms with Crippen molar-refractivity contribution >= 4 is 11.8 Å². The zero-order valence-electron chi connectivity index (χ0n) is 17.4. The van der Waals surface area contributed by atoms with Gasteiger partial charge in [0.05, 0.1) is 6.33 Å². The Morgan fingerprint density at radius 2 is 2.07 bits per heavy atom. The molecule has 1 aromatic carbocycles. The van der Waals surface area contributed by atoms with Crippen LogP contribution in [0.2, 0.25) is 0 Å². The maximum atomic E-state index is 13.1. The molecule has 0 radical (unpaired) electrons. The SMILES string of the molecule is C#Cc1ccc(C(=O)N2CCN(C(=O)c3nc[nH]c3CC)C(CCC)C2)c(C)c1. The van der Waals surface area contributed by atoms with Crippen LogP contribution in [-0.4, -0.2) is 57.3 Å². The van der Waals surface area contributed by atoms with E-state index >= 15 is 0 Å². The fraction of sp³-hybridized carbons (Fsp3) is 0.435. The highest BCUT2D eigenvalue weighted by Gasteiger charge is 2.34. The molecule has 1 atom stereocenters. The Balaban J connectivity index is 1.79. The largest absolute Gasteiger partial charge is 0.348 e. The van der Waals surface area contributed by atoms with E-state index in [1.165, 1.54) is 0 Å². The minimum atomic E-state index is -0.0526. The van der Waals surface area contributed by atoms with Gasteiger partial charge in [0.2, 0.25) is 0 Å². The lowest BCUT2D eigenvalue weighted by molar-refractivity contribution is 0.0366. The van der Waals surface area contributed by atoms with E-state index in [1.807, 2.05) is 29.7 Å². The van der Waals surface area contributed by atoms with E-state index < -0.39 is 0 Å². The summed E-state index contributed by atoms with van der Waals surface area (Å²) >= 11 is 0. The molecule has 1 aliphatic heterocycles. The van der Waals surface area contributed by atoms with Crippen LogP contribution in [0.4, 0.5) is 0 Å². The predicted octanol–water partition coefficient (Wildman–Crippen LogP) is 3.03. The molecule has 1 aliphatic rings. The third-order valence-electron chi connectivity index (χ3n) is 5.55.